The summed E-state index contributed by atoms with van der Waals surface area (Å²) in [5, 5.41) is 6.85. The van der Waals surface area contributed by atoms with Gasteiger partial charge < -0.3 is 13.7 Å². The molecule has 0 saturated carbocycles. The number of hydrogen-bond donors (Lipinski definition) is 0. The van der Waals surface area contributed by atoms with Crippen molar-refractivity contribution in [1.29, 1.82) is 0 Å². The minimum absolute atomic E-state index is 0.896. The third kappa shape index (κ3) is 4.59. The minimum atomic E-state index is 0.896. The molecule has 230 valence electrons. The smallest absolute Gasteiger partial charge is 0.143 e. The molecule has 0 unspecified atom stereocenters. The summed E-state index contributed by atoms with van der Waals surface area (Å²) in [5.74, 6) is 0. The molecule has 0 aliphatic rings. The highest BCUT2D eigenvalue weighted by molar-refractivity contribution is 6.11. The Balaban J connectivity index is 1.12. The van der Waals surface area contributed by atoms with Gasteiger partial charge in [-0.2, -0.15) is 0 Å². The number of rotatable bonds is 5. The highest BCUT2D eigenvalue weighted by Gasteiger charge is 2.17. The molecule has 0 fully saturated rings. The van der Waals surface area contributed by atoms with Crippen LogP contribution in [0.25, 0.3) is 76.9 Å². The van der Waals surface area contributed by atoms with Crippen molar-refractivity contribution in [3.8, 4) is 22.3 Å². The number of nitrogens with zero attached hydrogens (tertiary/aromatic N) is 1. The molecule has 2 aromatic heterocycles. The van der Waals surface area contributed by atoms with Crippen LogP contribution >= 0.6 is 0 Å². The molecule has 0 atom stereocenters. The van der Waals surface area contributed by atoms with Crippen LogP contribution in [-0.4, -0.2) is 0 Å². The van der Waals surface area contributed by atoms with Gasteiger partial charge in [0.25, 0.3) is 0 Å². The van der Waals surface area contributed by atoms with Crippen molar-refractivity contribution in [3.05, 3.63) is 176 Å². The molecular formula is C46H29NO2. The normalized spacial score (nSPS) is 11.7. The van der Waals surface area contributed by atoms with Gasteiger partial charge in [0.1, 0.15) is 22.3 Å². The highest BCUT2D eigenvalue weighted by Crippen LogP contribution is 2.41. The Morgan fingerprint density at radius 1 is 0.327 bits per heavy atom. The van der Waals surface area contributed by atoms with Crippen molar-refractivity contribution >= 4 is 71.7 Å². The van der Waals surface area contributed by atoms with Crippen LogP contribution in [-0.2, 0) is 0 Å². The predicted molar refractivity (Wildman–Crippen MR) is 204 cm³/mol. The van der Waals surface area contributed by atoms with Crippen molar-refractivity contribution in [2.75, 3.05) is 4.90 Å². The van der Waals surface area contributed by atoms with Gasteiger partial charge >= 0.3 is 0 Å². The molecule has 2 heterocycles. The van der Waals surface area contributed by atoms with Crippen LogP contribution in [0.1, 0.15) is 0 Å². The number of anilines is 3. The fraction of sp³-hybridized carbons (Fsp3) is 0. The van der Waals surface area contributed by atoms with E-state index in [-0.39, 0.29) is 0 Å². The summed E-state index contributed by atoms with van der Waals surface area (Å²) in [7, 11) is 0. The average molecular weight is 628 g/mol. The zero-order valence-electron chi connectivity index (χ0n) is 26.5. The van der Waals surface area contributed by atoms with Gasteiger partial charge in [-0.25, -0.2) is 0 Å². The van der Waals surface area contributed by atoms with Gasteiger partial charge in [0, 0.05) is 44.2 Å². The fourth-order valence-electron chi connectivity index (χ4n) is 7.26. The Morgan fingerprint density at radius 3 is 1.82 bits per heavy atom. The summed E-state index contributed by atoms with van der Waals surface area (Å²) < 4.78 is 12.7. The number of furan rings is 2. The standard InChI is InChI=1S/C46H29NO2/c1-2-10-30(11-3-1)32-12-8-13-36(26-32)47(37-25-22-33-28-42-40-15-5-6-18-43(40)48-45(42)29-34(33)27-37)35-23-20-31(21-24-35)38-16-9-17-41-39-14-4-7-19-44(39)49-46(38)41/h1-29H. The van der Waals surface area contributed by atoms with Gasteiger partial charge in [0.2, 0.25) is 0 Å². The van der Waals surface area contributed by atoms with E-state index in [0.29, 0.717) is 0 Å². The number of fused-ring (bicyclic) bond motifs is 7. The number of benzene rings is 8. The molecule has 3 nitrogen and oxygen atoms in total. The zero-order chi connectivity index (χ0) is 32.3. The van der Waals surface area contributed by atoms with Crippen LogP contribution in [0, 0.1) is 0 Å². The number of hydrogen-bond acceptors (Lipinski definition) is 3. The van der Waals surface area contributed by atoms with Crippen molar-refractivity contribution in [2.24, 2.45) is 0 Å². The summed E-state index contributed by atoms with van der Waals surface area (Å²) in [5.41, 5.74) is 11.4. The molecule has 0 spiro atoms. The lowest BCUT2D eigenvalue weighted by Gasteiger charge is -2.26. The first-order chi connectivity index (χ1) is 24.3. The lowest BCUT2D eigenvalue weighted by molar-refractivity contribution is 0.669. The van der Waals surface area contributed by atoms with Crippen LogP contribution in [0.15, 0.2) is 185 Å². The van der Waals surface area contributed by atoms with Gasteiger partial charge in [0.05, 0.1) is 0 Å². The molecule has 0 saturated heterocycles. The maximum atomic E-state index is 6.38. The number of para-hydroxylation sites is 3. The van der Waals surface area contributed by atoms with E-state index in [4.69, 9.17) is 8.83 Å². The van der Waals surface area contributed by atoms with Crippen LogP contribution in [0.3, 0.4) is 0 Å². The van der Waals surface area contributed by atoms with E-state index in [0.717, 1.165) is 77.5 Å². The molecule has 10 rings (SSSR count). The first-order valence-electron chi connectivity index (χ1n) is 16.6. The fourth-order valence-corrected chi connectivity index (χ4v) is 7.26. The first kappa shape index (κ1) is 27.5. The lowest BCUT2D eigenvalue weighted by Crippen LogP contribution is -2.10. The molecule has 3 heteroatoms. The Kier molecular flexibility index (Phi) is 6.18. The van der Waals surface area contributed by atoms with Gasteiger partial charge in [-0.1, -0.05) is 115 Å². The van der Waals surface area contributed by atoms with E-state index in [2.05, 4.69) is 157 Å². The van der Waals surface area contributed by atoms with Crippen LogP contribution < -0.4 is 4.90 Å². The van der Waals surface area contributed by atoms with E-state index in [1.807, 2.05) is 24.3 Å². The maximum absolute atomic E-state index is 6.38. The summed E-state index contributed by atoms with van der Waals surface area (Å²) in [6.07, 6.45) is 0. The van der Waals surface area contributed by atoms with E-state index < -0.39 is 0 Å². The minimum Gasteiger partial charge on any atom is -0.456 e. The Bertz CT molecular complexity index is 2830. The second-order valence-electron chi connectivity index (χ2n) is 12.6. The van der Waals surface area contributed by atoms with E-state index in [1.54, 1.807) is 0 Å². The second-order valence-corrected chi connectivity index (χ2v) is 12.6. The van der Waals surface area contributed by atoms with Crippen LogP contribution in [0.2, 0.25) is 0 Å². The molecule has 0 amide bonds. The summed E-state index contributed by atoms with van der Waals surface area (Å²) in [4.78, 5) is 2.33. The molecule has 0 aliphatic carbocycles. The Hall–Kier alpha value is -6.58. The van der Waals surface area contributed by atoms with Crippen molar-refractivity contribution in [2.45, 2.75) is 0 Å². The van der Waals surface area contributed by atoms with Gasteiger partial charge in [-0.15, -0.1) is 0 Å². The topological polar surface area (TPSA) is 29.5 Å². The predicted octanol–water partition coefficient (Wildman–Crippen LogP) is 13.4. The highest BCUT2D eigenvalue weighted by atomic mass is 16.3. The van der Waals surface area contributed by atoms with Gasteiger partial charge in [-0.05, 0) is 88.1 Å². The molecule has 0 radical (unpaired) electrons. The maximum Gasteiger partial charge on any atom is 0.143 e. The molecule has 8 aromatic carbocycles. The van der Waals surface area contributed by atoms with Gasteiger partial charge in [0.15, 0.2) is 0 Å². The average Bonchev–Trinajstić information content (AvgIpc) is 3.73. The van der Waals surface area contributed by atoms with Gasteiger partial charge in [-0.3, -0.25) is 0 Å². The summed E-state index contributed by atoms with van der Waals surface area (Å²) in [6.45, 7) is 0. The molecule has 10 aromatic rings. The molecule has 49 heavy (non-hydrogen) atoms. The van der Waals surface area contributed by atoms with Crippen LogP contribution in [0.5, 0.6) is 0 Å². The monoisotopic (exact) mass is 627 g/mol. The quantitative estimate of drug-likeness (QED) is 0.190. The first-order valence-corrected chi connectivity index (χ1v) is 16.6. The molecule has 0 N–H and O–H groups in total. The third-order valence-electron chi connectivity index (χ3n) is 9.63. The SMILES string of the molecule is c1ccc(-c2cccc(N(c3ccc(-c4cccc5c4oc4ccccc45)cc3)c3ccc4cc5c(cc4c3)oc3ccccc35)c2)cc1. The Morgan fingerprint density at radius 2 is 0.980 bits per heavy atom. The Labute approximate surface area is 282 Å². The van der Waals surface area contributed by atoms with Crippen molar-refractivity contribution < 1.29 is 8.83 Å². The van der Waals surface area contributed by atoms with E-state index in [1.165, 1.54) is 16.5 Å². The molecule has 0 aliphatic heterocycles. The molecular weight excluding hydrogens is 599 g/mol. The van der Waals surface area contributed by atoms with Crippen molar-refractivity contribution in [1.82, 2.24) is 0 Å². The largest absolute Gasteiger partial charge is 0.456 e. The van der Waals surface area contributed by atoms with Crippen molar-refractivity contribution in [3.63, 3.8) is 0 Å². The van der Waals surface area contributed by atoms with Crippen LogP contribution in [0.4, 0.5) is 17.1 Å². The van der Waals surface area contributed by atoms with E-state index in [9.17, 15) is 0 Å². The third-order valence-corrected chi connectivity index (χ3v) is 9.63. The zero-order valence-corrected chi connectivity index (χ0v) is 26.5. The second kappa shape index (κ2) is 11.0. The summed E-state index contributed by atoms with van der Waals surface area (Å²) in [6, 6.07) is 62.1. The lowest BCUT2D eigenvalue weighted by atomic mass is 10.0. The summed E-state index contributed by atoms with van der Waals surface area (Å²) >= 11 is 0. The molecule has 0 bridgehead atoms. The van der Waals surface area contributed by atoms with E-state index >= 15 is 0 Å².